The van der Waals surface area contributed by atoms with Crippen molar-refractivity contribution in [3.63, 3.8) is 0 Å². The number of benzene rings is 2. The van der Waals surface area contributed by atoms with Crippen LogP contribution in [0.3, 0.4) is 0 Å². The SMILES string of the molecule is O=C1[C@H]2CS[C@H](c3ccc(Cl)cc3)N2C(=O)N1c1ccc(F)cc1. The molecular formula is C17H12ClFN2O2S. The molecule has 0 spiro atoms. The first kappa shape index (κ1) is 15.5. The highest BCUT2D eigenvalue weighted by Crippen LogP contribution is 2.46. The van der Waals surface area contributed by atoms with Crippen molar-refractivity contribution < 1.29 is 14.0 Å². The Labute approximate surface area is 147 Å². The number of anilines is 1. The second kappa shape index (κ2) is 5.79. The van der Waals surface area contributed by atoms with Crippen LogP contribution in [0, 0.1) is 5.82 Å². The quantitative estimate of drug-likeness (QED) is 0.756. The molecule has 2 aromatic carbocycles. The van der Waals surface area contributed by atoms with E-state index in [0.29, 0.717) is 16.5 Å². The first-order valence-corrected chi connectivity index (χ1v) is 8.78. The Morgan fingerprint density at radius 2 is 1.71 bits per heavy atom. The monoisotopic (exact) mass is 362 g/mol. The van der Waals surface area contributed by atoms with Gasteiger partial charge in [0.25, 0.3) is 5.91 Å². The summed E-state index contributed by atoms with van der Waals surface area (Å²) in [6, 6.07) is 11.8. The highest BCUT2D eigenvalue weighted by Gasteiger charge is 2.53. The van der Waals surface area contributed by atoms with Crippen LogP contribution in [-0.4, -0.2) is 28.6 Å². The molecule has 24 heavy (non-hydrogen) atoms. The van der Waals surface area contributed by atoms with Crippen LogP contribution in [0.1, 0.15) is 10.9 Å². The second-order valence-corrected chi connectivity index (χ2v) is 7.14. The van der Waals surface area contributed by atoms with E-state index in [1.165, 1.54) is 24.3 Å². The molecule has 2 atom stereocenters. The average molecular weight is 363 g/mol. The molecule has 0 N–H and O–H groups in total. The first-order valence-electron chi connectivity index (χ1n) is 7.35. The fourth-order valence-corrected chi connectivity index (χ4v) is 4.54. The van der Waals surface area contributed by atoms with Crippen LogP contribution < -0.4 is 4.90 Å². The van der Waals surface area contributed by atoms with Gasteiger partial charge in [-0.2, -0.15) is 0 Å². The maximum absolute atomic E-state index is 13.1. The molecule has 2 heterocycles. The number of thioether (sulfide) groups is 1. The van der Waals surface area contributed by atoms with E-state index in [9.17, 15) is 14.0 Å². The molecule has 4 nitrogen and oxygen atoms in total. The smallest absolute Gasteiger partial charge is 0.295 e. The molecule has 0 bridgehead atoms. The molecule has 0 saturated carbocycles. The number of rotatable bonds is 2. The van der Waals surface area contributed by atoms with Crippen LogP contribution in [0.5, 0.6) is 0 Å². The van der Waals surface area contributed by atoms with Gasteiger partial charge >= 0.3 is 6.03 Å². The van der Waals surface area contributed by atoms with Gasteiger partial charge in [0.1, 0.15) is 17.2 Å². The highest BCUT2D eigenvalue weighted by molar-refractivity contribution is 7.99. The van der Waals surface area contributed by atoms with Crippen LogP contribution in [0.15, 0.2) is 48.5 Å². The molecular weight excluding hydrogens is 351 g/mol. The molecule has 0 radical (unpaired) electrons. The Hall–Kier alpha value is -2.05. The molecule has 3 amide bonds. The third-order valence-corrected chi connectivity index (χ3v) is 5.73. The highest BCUT2D eigenvalue weighted by atomic mass is 35.5. The number of urea groups is 1. The topological polar surface area (TPSA) is 40.6 Å². The van der Waals surface area contributed by atoms with Gasteiger partial charge in [-0.3, -0.25) is 9.69 Å². The summed E-state index contributed by atoms with van der Waals surface area (Å²) in [7, 11) is 0. The fraction of sp³-hybridized carbons (Fsp3) is 0.176. The van der Waals surface area contributed by atoms with E-state index in [0.717, 1.165) is 10.5 Å². The van der Waals surface area contributed by atoms with Crippen LogP contribution in [0.4, 0.5) is 14.9 Å². The predicted molar refractivity (Wildman–Crippen MR) is 91.6 cm³/mol. The number of carbonyl (C=O) groups excluding carboxylic acids is 2. The Bertz CT molecular complexity index is 812. The number of hydrogen-bond acceptors (Lipinski definition) is 3. The van der Waals surface area contributed by atoms with Gasteiger partial charge in [-0.25, -0.2) is 14.1 Å². The Kier molecular flexibility index (Phi) is 3.73. The Morgan fingerprint density at radius 3 is 2.38 bits per heavy atom. The predicted octanol–water partition coefficient (Wildman–Crippen LogP) is 4.06. The molecule has 4 rings (SSSR count). The number of amides is 3. The Morgan fingerprint density at radius 1 is 1.04 bits per heavy atom. The number of halogens is 2. The zero-order valence-electron chi connectivity index (χ0n) is 12.4. The summed E-state index contributed by atoms with van der Waals surface area (Å²) < 4.78 is 13.1. The van der Waals surface area contributed by atoms with Crippen molar-refractivity contribution in [2.75, 3.05) is 10.7 Å². The first-order chi connectivity index (χ1) is 11.6. The number of hydrogen-bond donors (Lipinski definition) is 0. The number of fused-ring (bicyclic) bond motifs is 1. The summed E-state index contributed by atoms with van der Waals surface area (Å²) in [5.41, 5.74) is 1.31. The summed E-state index contributed by atoms with van der Waals surface area (Å²) >= 11 is 7.47. The molecule has 2 fully saturated rings. The molecule has 7 heteroatoms. The summed E-state index contributed by atoms with van der Waals surface area (Å²) in [6.45, 7) is 0. The van der Waals surface area contributed by atoms with Gasteiger partial charge in [-0.1, -0.05) is 23.7 Å². The number of imide groups is 1. The van der Waals surface area contributed by atoms with Crippen LogP contribution in [-0.2, 0) is 4.79 Å². The van der Waals surface area contributed by atoms with Gasteiger partial charge in [0.2, 0.25) is 0 Å². The van der Waals surface area contributed by atoms with Gasteiger partial charge in [-0.15, -0.1) is 11.8 Å². The van der Waals surface area contributed by atoms with Crippen LogP contribution in [0.25, 0.3) is 0 Å². The van der Waals surface area contributed by atoms with E-state index in [1.54, 1.807) is 28.8 Å². The molecule has 2 aliphatic rings. The molecule has 122 valence electrons. The van der Waals surface area contributed by atoms with Gasteiger partial charge in [-0.05, 0) is 42.0 Å². The molecule has 0 aliphatic carbocycles. The summed E-state index contributed by atoms with van der Waals surface area (Å²) in [5.74, 6) is -0.140. The van der Waals surface area contributed by atoms with E-state index >= 15 is 0 Å². The van der Waals surface area contributed by atoms with Gasteiger partial charge in [0.05, 0.1) is 5.69 Å². The van der Waals surface area contributed by atoms with Crippen molar-refractivity contribution in [1.82, 2.24) is 4.90 Å². The standard InChI is InChI=1S/C17H12ClFN2O2S/c18-11-3-1-10(2-4-11)16-21-14(9-24-16)15(22)20(17(21)23)13-7-5-12(19)6-8-13/h1-8,14,16H,9H2/t14-,16-/m1/s1. The summed E-state index contributed by atoms with van der Waals surface area (Å²) in [5, 5.41) is 0.393. The average Bonchev–Trinajstić information content (AvgIpc) is 3.11. The van der Waals surface area contributed by atoms with Gasteiger partial charge in [0, 0.05) is 10.8 Å². The van der Waals surface area contributed by atoms with Crippen molar-refractivity contribution >= 4 is 41.0 Å². The van der Waals surface area contributed by atoms with Crippen LogP contribution >= 0.6 is 23.4 Å². The lowest BCUT2D eigenvalue weighted by molar-refractivity contribution is -0.119. The van der Waals surface area contributed by atoms with E-state index < -0.39 is 11.9 Å². The molecule has 2 aliphatic heterocycles. The second-order valence-electron chi connectivity index (χ2n) is 5.59. The zero-order valence-corrected chi connectivity index (χ0v) is 13.9. The van der Waals surface area contributed by atoms with E-state index in [-0.39, 0.29) is 17.3 Å². The third-order valence-electron chi connectivity index (χ3n) is 4.16. The van der Waals surface area contributed by atoms with E-state index in [4.69, 9.17) is 11.6 Å². The maximum atomic E-state index is 13.1. The van der Waals surface area contributed by atoms with Crippen molar-refractivity contribution in [2.45, 2.75) is 11.4 Å². The number of carbonyl (C=O) groups is 2. The molecule has 2 saturated heterocycles. The minimum Gasteiger partial charge on any atom is -0.295 e. The van der Waals surface area contributed by atoms with Crippen molar-refractivity contribution in [3.05, 3.63) is 64.9 Å². The normalized spacial score (nSPS) is 23.1. The van der Waals surface area contributed by atoms with Gasteiger partial charge < -0.3 is 0 Å². The molecule has 2 aromatic rings. The summed E-state index contributed by atoms with van der Waals surface area (Å²) in [6.07, 6.45) is 0. The maximum Gasteiger partial charge on any atom is 0.333 e. The minimum atomic E-state index is -0.492. The number of nitrogens with zero attached hydrogens (tertiary/aromatic N) is 2. The van der Waals surface area contributed by atoms with E-state index in [1.807, 2.05) is 12.1 Å². The zero-order chi connectivity index (χ0) is 16.8. The minimum absolute atomic E-state index is 0.228. The largest absolute Gasteiger partial charge is 0.333 e. The lowest BCUT2D eigenvalue weighted by atomic mass is 10.2. The van der Waals surface area contributed by atoms with E-state index in [2.05, 4.69) is 0 Å². The lowest BCUT2D eigenvalue weighted by Gasteiger charge is -2.23. The summed E-state index contributed by atoms with van der Waals surface area (Å²) in [4.78, 5) is 28.2. The van der Waals surface area contributed by atoms with Crippen molar-refractivity contribution in [2.24, 2.45) is 0 Å². The van der Waals surface area contributed by atoms with Crippen LogP contribution in [0.2, 0.25) is 5.02 Å². The fourth-order valence-electron chi connectivity index (χ4n) is 3.00. The van der Waals surface area contributed by atoms with Gasteiger partial charge in [0.15, 0.2) is 0 Å². The molecule has 0 unspecified atom stereocenters. The Balaban J connectivity index is 1.67. The van der Waals surface area contributed by atoms with Crippen molar-refractivity contribution in [3.8, 4) is 0 Å². The molecule has 0 aromatic heterocycles. The third kappa shape index (κ3) is 2.37. The van der Waals surface area contributed by atoms with Crippen molar-refractivity contribution in [1.29, 1.82) is 0 Å². The lowest BCUT2D eigenvalue weighted by Crippen LogP contribution is -2.33.